The number of hydrogen-bond donors (Lipinski definition) is 2. The first-order chi connectivity index (χ1) is 9.49. The number of aromatic nitrogens is 2. The minimum atomic E-state index is 0.523. The molecule has 0 aliphatic carbocycles. The lowest BCUT2D eigenvalue weighted by Gasteiger charge is -2.11. The zero-order valence-corrected chi connectivity index (χ0v) is 12.7. The summed E-state index contributed by atoms with van der Waals surface area (Å²) >= 11 is 5.99. The van der Waals surface area contributed by atoms with Gasteiger partial charge < -0.3 is 5.43 Å². The van der Waals surface area contributed by atoms with E-state index < -0.39 is 0 Å². The molecular weight excluding hydrogens is 272 g/mol. The van der Waals surface area contributed by atoms with Crippen LogP contribution in [-0.2, 0) is 6.42 Å². The van der Waals surface area contributed by atoms with Crippen molar-refractivity contribution in [1.82, 2.24) is 9.97 Å². The summed E-state index contributed by atoms with van der Waals surface area (Å²) in [5.41, 5.74) is 5.60. The third-order valence-electron chi connectivity index (χ3n) is 2.97. The third-order valence-corrected chi connectivity index (χ3v) is 3.21. The fourth-order valence-electron chi connectivity index (χ4n) is 2.09. The molecular formula is C15H19ClN4. The molecule has 0 spiro atoms. The van der Waals surface area contributed by atoms with Crippen molar-refractivity contribution in [3.05, 3.63) is 40.5 Å². The van der Waals surface area contributed by atoms with Crippen LogP contribution in [0.25, 0.3) is 11.4 Å². The van der Waals surface area contributed by atoms with Crippen LogP contribution in [-0.4, -0.2) is 9.97 Å². The maximum Gasteiger partial charge on any atom is 0.162 e. The molecule has 0 aliphatic heterocycles. The van der Waals surface area contributed by atoms with Crippen LogP contribution in [0.3, 0.4) is 0 Å². The number of nitrogens with two attached hydrogens (primary N) is 1. The molecule has 0 fully saturated rings. The number of halogens is 1. The highest BCUT2D eigenvalue weighted by Crippen LogP contribution is 2.25. The molecule has 0 saturated heterocycles. The number of benzene rings is 1. The summed E-state index contributed by atoms with van der Waals surface area (Å²) in [6, 6.07) is 7.57. The lowest BCUT2D eigenvalue weighted by Crippen LogP contribution is -2.11. The number of nitrogens with zero attached hydrogens (tertiary/aromatic N) is 2. The van der Waals surface area contributed by atoms with Gasteiger partial charge >= 0.3 is 0 Å². The number of nitrogen functional groups attached to an aromatic ring is 1. The fourth-order valence-corrected chi connectivity index (χ4v) is 2.32. The van der Waals surface area contributed by atoms with Crippen molar-refractivity contribution >= 4 is 17.4 Å². The lowest BCUT2D eigenvalue weighted by molar-refractivity contribution is 0.635. The van der Waals surface area contributed by atoms with E-state index in [0.29, 0.717) is 22.6 Å². The van der Waals surface area contributed by atoms with Gasteiger partial charge in [0.2, 0.25) is 0 Å². The van der Waals surface area contributed by atoms with Crippen molar-refractivity contribution < 1.29 is 0 Å². The van der Waals surface area contributed by atoms with E-state index in [9.17, 15) is 0 Å². The Balaban J connectivity index is 2.49. The molecule has 3 N–H and O–H groups in total. The van der Waals surface area contributed by atoms with Gasteiger partial charge in [0.05, 0.1) is 0 Å². The summed E-state index contributed by atoms with van der Waals surface area (Å²) in [6.07, 6.45) is 0.886. The molecule has 106 valence electrons. The second-order valence-electron chi connectivity index (χ2n) is 5.27. The van der Waals surface area contributed by atoms with Crippen LogP contribution in [0.4, 0.5) is 5.82 Å². The monoisotopic (exact) mass is 290 g/mol. The van der Waals surface area contributed by atoms with Crippen LogP contribution in [0.5, 0.6) is 0 Å². The first-order valence-electron chi connectivity index (χ1n) is 6.60. The molecule has 0 saturated carbocycles. The van der Waals surface area contributed by atoms with Crippen LogP contribution < -0.4 is 11.3 Å². The Hall–Kier alpha value is -1.65. The molecule has 0 radical (unpaired) electrons. The molecule has 0 amide bonds. The zero-order chi connectivity index (χ0) is 14.7. The Morgan fingerprint density at radius 2 is 2.00 bits per heavy atom. The molecule has 1 aromatic carbocycles. The van der Waals surface area contributed by atoms with Gasteiger partial charge in [-0.1, -0.05) is 25.4 Å². The summed E-state index contributed by atoms with van der Waals surface area (Å²) in [5.74, 6) is 7.32. The van der Waals surface area contributed by atoms with E-state index in [4.69, 9.17) is 17.4 Å². The molecule has 2 aromatic rings. The smallest absolute Gasteiger partial charge is 0.162 e. The maximum atomic E-state index is 5.99. The molecule has 0 atom stereocenters. The quantitative estimate of drug-likeness (QED) is 0.667. The van der Waals surface area contributed by atoms with Crippen LogP contribution >= 0.6 is 11.6 Å². The predicted octanol–water partition coefficient (Wildman–Crippen LogP) is 3.59. The van der Waals surface area contributed by atoms with Crippen molar-refractivity contribution in [2.75, 3.05) is 5.43 Å². The number of rotatable bonds is 4. The topological polar surface area (TPSA) is 63.8 Å². The number of hydrogen-bond acceptors (Lipinski definition) is 4. The molecule has 2 rings (SSSR count). The van der Waals surface area contributed by atoms with Gasteiger partial charge in [-0.3, -0.25) is 0 Å². The van der Waals surface area contributed by atoms with Gasteiger partial charge in [0, 0.05) is 22.3 Å². The van der Waals surface area contributed by atoms with E-state index in [2.05, 4.69) is 29.2 Å². The largest absolute Gasteiger partial charge is 0.308 e. The van der Waals surface area contributed by atoms with E-state index in [1.807, 2.05) is 31.2 Å². The summed E-state index contributed by atoms with van der Waals surface area (Å²) in [7, 11) is 0. The Bertz CT molecular complexity index is 611. The lowest BCUT2D eigenvalue weighted by atomic mass is 10.1. The molecule has 1 heterocycles. The minimum Gasteiger partial charge on any atom is -0.308 e. The van der Waals surface area contributed by atoms with E-state index >= 15 is 0 Å². The van der Waals surface area contributed by atoms with Gasteiger partial charge in [0.25, 0.3) is 0 Å². The van der Waals surface area contributed by atoms with Crippen LogP contribution in [0.15, 0.2) is 24.3 Å². The molecule has 5 heteroatoms. The average Bonchev–Trinajstić information content (AvgIpc) is 2.37. The van der Waals surface area contributed by atoms with E-state index in [0.717, 1.165) is 23.2 Å². The summed E-state index contributed by atoms with van der Waals surface area (Å²) in [4.78, 5) is 9.06. The summed E-state index contributed by atoms with van der Waals surface area (Å²) in [6.45, 7) is 6.31. The highest BCUT2D eigenvalue weighted by atomic mass is 35.5. The van der Waals surface area contributed by atoms with Gasteiger partial charge in [-0.25, -0.2) is 15.8 Å². The highest BCUT2D eigenvalue weighted by molar-refractivity contribution is 6.30. The van der Waals surface area contributed by atoms with Crippen LogP contribution in [0, 0.1) is 12.8 Å². The van der Waals surface area contributed by atoms with Crippen LogP contribution in [0.1, 0.15) is 25.1 Å². The minimum absolute atomic E-state index is 0.523. The molecule has 20 heavy (non-hydrogen) atoms. The van der Waals surface area contributed by atoms with Crippen molar-refractivity contribution in [2.45, 2.75) is 27.2 Å². The van der Waals surface area contributed by atoms with Gasteiger partial charge in [-0.05, 0) is 43.0 Å². The fraction of sp³-hybridized carbons (Fsp3) is 0.333. The number of aryl methyl sites for hydroxylation is 1. The van der Waals surface area contributed by atoms with Crippen LogP contribution in [0.2, 0.25) is 5.02 Å². The van der Waals surface area contributed by atoms with Crippen molar-refractivity contribution in [3.8, 4) is 11.4 Å². The van der Waals surface area contributed by atoms with E-state index in [1.54, 1.807) is 0 Å². The summed E-state index contributed by atoms with van der Waals surface area (Å²) in [5, 5.41) is 0.710. The van der Waals surface area contributed by atoms with Crippen molar-refractivity contribution in [2.24, 2.45) is 11.8 Å². The standard InChI is InChI=1S/C15H19ClN4/c1-9(2)6-12-8-14(20-17)19-15(18-12)13-5-4-11(16)7-10(13)3/h4-5,7-9H,6,17H2,1-3H3,(H,18,19,20). The van der Waals surface area contributed by atoms with E-state index in [1.165, 1.54) is 0 Å². The molecule has 0 unspecified atom stereocenters. The molecule has 4 nitrogen and oxygen atoms in total. The van der Waals surface area contributed by atoms with Gasteiger partial charge in [-0.2, -0.15) is 0 Å². The second kappa shape index (κ2) is 6.20. The molecule has 1 aromatic heterocycles. The SMILES string of the molecule is Cc1cc(Cl)ccc1-c1nc(CC(C)C)cc(NN)n1. The van der Waals surface area contributed by atoms with Crippen molar-refractivity contribution in [1.29, 1.82) is 0 Å². The number of hydrazine groups is 1. The van der Waals surface area contributed by atoms with Crippen molar-refractivity contribution in [3.63, 3.8) is 0 Å². The predicted molar refractivity (Wildman–Crippen MR) is 83.6 cm³/mol. The Labute approximate surface area is 124 Å². The third kappa shape index (κ3) is 3.46. The maximum absolute atomic E-state index is 5.99. The summed E-state index contributed by atoms with van der Waals surface area (Å²) < 4.78 is 0. The Kier molecular flexibility index (Phi) is 4.57. The first-order valence-corrected chi connectivity index (χ1v) is 6.98. The highest BCUT2D eigenvalue weighted by Gasteiger charge is 2.10. The Morgan fingerprint density at radius 3 is 2.60 bits per heavy atom. The molecule has 0 aliphatic rings. The Morgan fingerprint density at radius 1 is 1.25 bits per heavy atom. The number of nitrogens with one attached hydrogen (secondary N) is 1. The van der Waals surface area contributed by atoms with Gasteiger partial charge in [-0.15, -0.1) is 0 Å². The van der Waals surface area contributed by atoms with Gasteiger partial charge in [0.15, 0.2) is 5.82 Å². The average molecular weight is 291 g/mol. The molecule has 0 bridgehead atoms. The second-order valence-corrected chi connectivity index (χ2v) is 5.71. The normalized spacial score (nSPS) is 10.9. The zero-order valence-electron chi connectivity index (χ0n) is 11.9. The van der Waals surface area contributed by atoms with Gasteiger partial charge in [0.1, 0.15) is 5.82 Å². The van der Waals surface area contributed by atoms with E-state index in [-0.39, 0.29) is 0 Å². The number of anilines is 1. The first kappa shape index (κ1) is 14.8.